The number of rotatable bonds is 4. The topological polar surface area (TPSA) is 81.2 Å². The second-order valence-corrected chi connectivity index (χ2v) is 5.43. The Labute approximate surface area is 148 Å². The van der Waals surface area contributed by atoms with Crippen LogP contribution in [-0.4, -0.2) is 28.5 Å². The van der Waals surface area contributed by atoms with E-state index in [0.717, 1.165) is 0 Å². The third-order valence-electron chi connectivity index (χ3n) is 3.41. The molecule has 0 aliphatic heterocycles. The smallest absolute Gasteiger partial charge is 0.340 e. The van der Waals surface area contributed by atoms with Crippen molar-refractivity contribution in [2.75, 3.05) is 11.9 Å². The predicted octanol–water partition coefficient (Wildman–Crippen LogP) is 3.71. The first-order valence-corrected chi connectivity index (χ1v) is 7.97. The quantitative estimate of drug-likeness (QED) is 0.721. The van der Waals surface area contributed by atoms with Gasteiger partial charge in [-0.05, 0) is 31.2 Å². The zero-order valence-electron chi connectivity index (χ0n) is 13.3. The van der Waals surface area contributed by atoms with Crippen molar-refractivity contribution in [2.24, 2.45) is 0 Å². The SMILES string of the molecule is CCOC(=O)c1ccccc1NC(=O)c1nc2ccccc2nc1Cl. The Morgan fingerprint density at radius 1 is 1.04 bits per heavy atom. The van der Waals surface area contributed by atoms with Crippen molar-refractivity contribution in [3.05, 3.63) is 64.9 Å². The summed E-state index contributed by atoms with van der Waals surface area (Å²) in [5.74, 6) is -1.07. The lowest BCUT2D eigenvalue weighted by molar-refractivity contribution is 0.0527. The Bertz CT molecular complexity index is 959. The zero-order valence-corrected chi connectivity index (χ0v) is 14.1. The standard InChI is InChI=1S/C18H14ClN3O3/c1-2-25-18(24)11-7-3-4-8-12(11)22-17(23)15-16(19)21-14-10-6-5-9-13(14)20-15/h3-10H,2H2,1H3,(H,22,23). The van der Waals surface area contributed by atoms with Crippen LogP contribution in [0.4, 0.5) is 5.69 Å². The molecule has 126 valence electrons. The van der Waals surface area contributed by atoms with E-state index in [1.807, 2.05) is 6.07 Å². The van der Waals surface area contributed by atoms with Gasteiger partial charge in [0, 0.05) is 0 Å². The van der Waals surface area contributed by atoms with E-state index in [1.165, 1.54) is 0 Å². The number of anilines is 1. The molecule has 1 heterocycles. The number of para-hydroxylation sites is 3. The molecule has 0 saturated heterocycles. The van der Waals surface area contributed by atoms with Crippen LogP contribution in [0.3, 0.4) is 0 Å². The summed E-state index contributed by atoms with van der Waals surface area (Å²) < 4.78 is 4.99. The number of hydrogen-bond donors (Lipinski definition) is 1. The fourth-order valence-corrected chi connectivity index (χ4v) is 2.50. The maximum atomic E-state index is 12.6. The van der Waals surface area contributed by atoms with Gasteiger partial charge in [0.15, 0.2) is 10.8 Å². The van der Waals surface area contributed by atoms with Gasteiger partial charge in [-0.1, -0.05) is 35.9 Å². The minimum atomic E-state index is -0.556. The van der Waals surface area contributed by atoms with E-state index in [0.29, 0.717) is 16.7 Å². The van der Waals surface area contributed by atoms with Crippen molar-refractivity contribution in [2.45, 2.75) is 6.92 Å². The molecule has 0 aliphatic rings. The average Bonchev–Trinajstić information content (AvgIpc) is 2.61. The fraction of sp³-hybridized carbons (Fsp3) is 0.111. The van der Waals surface area contributed by atoms with Crippen LogP contribution in [0, 0.1) is 0 Å². The second-order valence-electron chi connectivity index (χ2n) is 5.07. The molecule has 25 heavy (non-hydrogen) atoms. The maximum absolute atomic E-state index is 12.6. The van der Waals surface area contributed by atoms with E-state index < -0.39 is 11.9 Å². The van der Waals surface area contributed by atoms with E-state index in [9.17, 15) is 9.59 Å². The Morgan fingerprint density at radius 3 is 2.40 bits per heavy atom. The van der Waals surface area contributed by atoms with Crippen molar-refractivity contribution in [1.29, 1.82) is 0 Å². The van der Waals surface area contributed by atoms with E-state index in [1.54, 1.807) is 49.4 Å². The summed E-state index contributed by atoms with van der Waals surface area (Å²) >= 11 is 6.09. The van der Waals surface area contributed by atoms with Gasteiger partial charge in [-0.25, -0.2) is 14.8 Å². The number of amides is 1. The van der Waals surface area contributed by atoms with E-state index in [-0.39, 0.29) is 23.0 Å². The van der Waals surface area contributed by atoms with Gasteiger partial charge in [-0.3, -0.25) is 4.79 Å². The van der Waals surface area contributed by atoms with Crippen molar-refractivity contribution < 1.29 is 14.3 Å². The van der Waals surface area contributed by atoms with Gasteiger partial charge in [0.1, 0.15) is 0 Å². The number of halogens is 1. The molecule has 1 amide bonds. The molecule has 3 rings (SSSR count). The Morgan fingerprint density at radius 2 is 1.68 bits per heavy atom. The van der Waals surface area contributed by atoms with Gasteiger partial charge < -0.3 is 10.1 Å². The predicted molar refractivity (Wildman–Crippen MR) is 94.9 cm³/mol. The second kappa shape index (κ2) is 7.27. The number of carbonyl (C=O) groups is 2. The molecule has 0 spiro atoms. The number of aromatic nitrogens is 2. The molecule has 0 fully saturated rings. The number of benzene rings is 2. The van der Waals surface area contributed by atoms with Crippen LogP contribution in [0.5, 0.6) is 0 Å². The number of fused-ring (bicyclic) bond motifs is 1. The van der Waals surface area contributed by atoms with Crippen molar-refractivity contribution in [1.82, 2.24) is 9.97 Å². The van der Waals surface area contributed by atoms with Crippen LogP contribution in [-0.2, 0) is 4.74 Å². The Balaban J connectivity index is 1.93. The highest BCUT2D eigenvalue weighted by atomic mass is 35.5. The normalized spacial score (nSPS) is 10.5. The van der Waals surface area contributed by atoms with Gasteiger partial charge in [-0.2, -0.15) is 0 Å². The maximum Gasteiger partial charge on any atom is 0.340 e. The summed E-state index contributed by atoms with van der Waals surface area (Å²) in [6, 6.07) is 13.7. The Kier molecular flexibility index (Phi) is 4.90. The minimum Gasteiger partial charge on any atom is -0.462 e. The van der Waals surface area contributed by atoms with Gasteiger partial charge in [0.05, 0.1) is 28.9 Å². The Hall–Kier alpha value is -2.99. The molecule has 0 radical (unpaired) electrons. The molecule has 0 aliphatic carbocycles. The molecule has 1 aromatic heterocycles. The summed E-state index contributed by atoms with van der Waals surface area (Å²) in [5.41, 5.74) is 1.70. The highest BCUT2D eigenvalue weighted by Gasteiger charge is 2.18. The third-order valence-corrected chi connectivity index (χ3v) is 3.68. The number of esters is 1. The van der Waals surface area contributed by atoms with Gasteiger partial charge >= 0.3 is 5.97 Å². The van der Waals surface area contributed by atoms with Crippen LogP contribution in [0.1, 0.15) is 27.8 Å². The van der Waals surface area contributed by atoms with E-state index in [4.69, 9.17) is 16.3 Å². The van der Waals surface area contributed by atoms with Gasteiger partial charge in [0.2, 0.25) is 0 Å². The average molecular weight is 356 g/mol. The molecule has 6 nitrogen and oxygen atoms in total. The van der Waals surface area contributed by atoms with Crippen LogP contribution >= 0.6 is 11.6 Å². The largest absolute Gasteiger partial charge is 0.462 e. The first kappa shape index (κ1) is 16.9. The molecule has 0 saturated carbocycles. The first-order valence-electron chi connectivity index (χ1n) is 7.60. The molecule has 0 unspecified atom stereocenters. The molecular formula is C18H14ClN3O3. The summed E-state index contributed by atoms with van der Waals surface area (Å²) in [5, 5.41) is 2.64. The summed E-state index contributed by atoms with van der Waals surface area (Å²) in [6.07, 6.45) is 0. The van der Waals surface area contributed by atoms with Crippen molar-refractivity contribution >= 4 is 40.2 Å². The summed E-state index contributed by atoms with van der Waals surface area (Å²) in [6.45, 7) is 1.95. The van der Waals surface area contributed by atoms with Crippen LogP contribution in [0.15, 0.2) is 48.5 Å². The molecular weight excluding hydrogens is 342 g/mol. The highest BCUT2D eigenvalue weighted by molar-refractivity contribution is 6.33. The number of ether oxygens (including phenoxy) is 1. The third kappa shape index (κ3) is 3.59. The van der Waals surface area contributed by atoms with Crippen molar-refractivity contribution in [3.8, 4) is 0 Å². The van der Waals surface area contributed by atoms with Crippen LogP contribution in [0.2, 0.25) is 5.15 Å². The molecule has 0 atom stereocenters. The highest BCUT2D eigenvalue weighted by Crippen LogP contribution is 2.21. The lowest BCUT2D eigenvalue weighted by Crippen LogP contribution is -2.18. The monoisotopic (exact) mass is 355 g/mol. The molecule has 3 aromatic rings. The fourth-order valence-electron chi connectivity index (χ4n) is 2.28. The number of carbonyl (C=O) groups excluding carboxylic acids is 2. The van der Waals surface area contributed by atoms with Crippen LogP contribution < -0.4 is 5.32 Å². The number of hydrogen-bond acceptors (Lipinski definition) is 5. The van der Waals surface area contributed by atoms with Crippen LogP contribution in [0.25, 0.3) is 11.0 Å². The summed E-state index contributed by atoms with van der Waals surface area (Å²) in [7, 11) is 0. The number of nitrogens with one attached hydrogen (secondary N) is 1. The van der Waals surface area contributed by atoms with Gasteiger partial charge in [-0.15, -0.1) is 0 Å². The van der Waals surface area contributed by atoms with E-state index in [2.05, 4.69) is 15.3 Å². The van der Waals surface area contributed by atoms with E-state index >= 15 is 0 Å². The first-order chi connectivity index (χ1) is 12.1. The van der Waals surface area contributed by atoms with Crippen molar-refractivity contribution in [3.63, 3.8) is 0 Å². The molecule has 0 bridgehead atoms. The van der Waals surface area contributed by atoms with Gasteiger partial charge in [0.25, 0.3) is 5.91 Å². The molecule has 1 N–H and O–H groups in total. The molecule has 7 heteroatoms. The zero-order chi connectivity index (χ0) is 17.8. The molecule has 2 aromatic carbocycles. The minimum absolute atomic E-state index is 0.00943. The lowest BCUT2D eigenvalue weighted by Gasteiger charge is -2.10. The lowest BCUT2D eigenvalue weighted by atomic mass is 10.1. The summed E-state index contributed by atoms with van der Waals surface area (Å²) in [4.78, 5) is 33.0. The number of nitrogens with zero attached hydrogens (tertiary/aromatic N) is 2.